The molecule has 22 heavy (non-hydrogen) atoms. The molecule has 120 valence electrons. The molecule has 4 heteroatoms. The number of benzene rings is 1. The van der Waals surface area contributed by atoms with Gasteiger partial charge < -0.3 is 9.47 Å². The van der Waals surface area contributed by atoms with E-state index in [0.29, 0.717) is 11.5 Å². The molecule has 3 rings (SSSR count). The maximum atomic E-state index is 13.3. The Hall–Kier alpha value is -1.26. The van der Waals surface area contributed by atoms with Crippen molar-refractivity contribution >= 4 is 0 Å². The fourth-order valence-corrected chi connectivity index (χ4v) is 3.88. The third kappa shape index (κ3) is 2.29. The molecule has 2 bridgehead atoms. The lowest BCUT2D eigenvalue weighted by atomic mass is 9.72. The minimum atomic E-state index is -0.591. The van der Waals surface area contributed by atoms with E-state index in [-0.39, 0.29) is 18.3 Å². The van der Waals surface area contributed by atoms with Crippen LogP contribution in [0.1, 0.15) is 39.2 Å². The van der Waals surface area contributed by atoms with Crippen molar-refractivity contribution in [3.63, 3.8) is 0 Å². The average molecular weight is 308 g/mol. The van der Waals surface area contributed by atoms with Crippen molar-refractivity contribution in [2.75, 3.05) is 0 Å². The van der Waals surface area contributed by atoms with Crippen LogP contribution in [0.25, 0.3) is 0 Å². The van der Waals surface area contributed by atoms with Gasteiger partial charge in [0.05, 0.1) is 17.8 Å². The predicted molar refractivity (Wildman–Crippen MR) is 80.4 cm³/mol. The van der Waals surface area contributed by atoms with Gasteiger partial charge in [-0.1, -0.05) is 20.4 Å². The van der Waals surface area contributed by atoms with Gasteiger partial charge in [0.2, 0.25) is 0 Å². The largest absolute Gasteiger partial charge is 0.366 e. The first-order valence-corrected chi connectivity index (χ1v) is 7.73. The number of fused-ring (bicyclic) bond motifs is 2. The first kappa shape index (κ1) is 15.6. The SMILES string of the molecule is C=C1[C@@H](OCc2cc(F)cc(F)c2)[C@]2(C)CC[C@@]1(C(C)C)O2. The Kier molecular flexibility index (Phi) is 3.65. The minimum absolute atomic E-state index is 0.144. The molecule has 3 atom stereocenters. The summed E-state index contributed by atoms with van der Waals surface area (Å²) < 4.78 is 38.8. The third-order valence-electron chi connectivity index (χ3n) is 5.09. The molecule has 2 fully saturated rings. The van der Waals surface area contributed by atoms with Crippen molar-refractivity contribution < 1.29 is 18.3 Å². The Morgan fingerprint density at radius 1 is 1.27 bits per heavy atom. The summed E-state index contributed by atoms with van der Waals surface area (Å²) in [5.41, 5.74) is 0.711. The maximum absolute atomic E-state index is 13.3. The Morgan fingerprint density at radius 2 is 1.91 bits per heavy atom. The highest BCUT2D eigenvalue weighted by molar-refractivity contribution is 5.33. The highest BCUT2D eigenvalue weighted by Crippen LogP contribution is 2.57. The number of rotatable bonds is 4. The topological polar surface area (TPSA) is 18.5 Å². The predicted octanol–water partition coefficient (Wildman–Crippen LogP) is 4.38. The number of halogens is 2. The first-order valence-electron chi connectivity index (χ1n) is 7.73. The van der Waals surface area contributed by atoms with Gasteiger partial charge in [-0.25, -0.2) is 8.78 Å². The van der Waals surface area contributed by atoms with Crippen molar-refractivity contribution in [3.8, 4) is 0 Å². The molecule has 2 nitrogen and oxygen atoms in total. The number of hydrogen-bond acceptors (Lipinski definition) is 2. The van der Waals surface area contributed by atoms with Crippen LogP contribution in [0.3, 0.4) is 0 Å². The van der Waals surface area contributed by atoms with Gasteiger partial charge in [0.15, 0.2) is 0 Å². The third-order valence-corrected chi connectivity index (χ3v) is 5.09. The lowest BCUT2D eigenvalue weighted by molar-refractivity contribution is -0.0959. The smallest absolute Gasteiger partial charge is 0.126 e. The molecule has 2 aliphatic heterocycles. The van der Waals surface area contributed by atoms with Crippen LogP contribution < -0.4 is 0 Å². The summed E-state index contributed by atoms with van der Waals surface area (Å²) in [6.45, 7) is 10.6. The Labute approximate surface area is 130 Å². The minimum Gasteiger partial charge on any atom is -0.366 e. The fourth-order valence-electron chi connectivity index (χ4n) is 3.88. The summed E-state index contributed by atoms with van der Waals surface area (Å²) in [4.78, 5) is 0. The molecule has 0 radical (unpaired) electrons. The van der Waals surface area contributed by atoms with Gasteiger partial charge in [0, 0.05) is 6.07 Å². The van der Waals surface area contributed by atoms with Crippen LogP contribution in [-0.2, 0) is 16.1 Å². The first-order chi connectivity index (χ1) is 10.3. The molecule has 0 N–H and O–H groups in total. The van der Waals surface area contributed by atoms with Crippen LogP contribution in [-0.4, -0.2) is 17.3 Å². The standard InChI is InChI=1S/C18H22F2O2/c1-11(2)18-6-5-17(4,22-18)16(12(18)3)21-10-13-7-14(19)9-15(20)8-13/h7-9,11,16H,3,5-6,10H2,1-2,4H3/t16-,17+,18+/m1/s1. The van der Waals surface area contributed by atoms with Crippen molar-refractivity contribution in [1.29, 1.82) is 0 Å². The summed E-state index contributed by atoms with van der Waals surface area (Å²) in [5.74, 6) is -0.861. The second-order valence-corrected chi connectivity index (χ2v) is 6.95. The van der Waals surface area contributed by atoms with E-state index in [0.717, 1.165) is 24.5 Å². The van der Waals surface area contributed by atoms with E-state index in [2.05, 4.69) is 20.4 Å². The van der Waals surface area contributed by atoms with Gasteiger partial charge in [-0.05, 0) is 49.0 Å². The Bertz CT molecular complexity index is 593. The molecule has 0 spiro atoms. The van der Waals surface area contributed by atoms with Crippen LogP contribution in [0.4, 0.5) is 8.78 Å². The Morgan fingerprint density at radius 3 is 2.45 bits per heavy atom. The summed E-state index contributed by atoms with van der Waals surface area (Å²) in [7, 11) is 0. The van der Waals surface area contributed by atoms with E-state index >= 15 is 0 Å². The molecule has 1 aromatic rings. The van der Waals surface area contributed by atoms with E-state index in [4.69, 9.17) is 9.47 Å². The molecule has 0 amide bonds. The second kappa shape index (κ2) is 5.14. The monoisotopic (exact) mass is 308 g/mol. The lowest BCUT2D eigenvalue weighted by Crippen LogP contribution is -2.40. The van der Waals surface area contributed by atoms with E-state index in [9.17, 15) is 8.78 Å². The Balaban J connectivity index is 1.77. The van der Waals surface area contributed by atoms with Gasteiger partial charge in [-0.15, -0.1) is 0 Å². The van der Waals surface area contributed by atoms with E-state index < -0.39 is 17.2 Å². The molecular weight excluding hydrogens is 286 g/mol. The molecule has 0 saturated carbocycles. The second-order valence-electron chi connectivity index (χ2n) is 6.95. The maximum Gasteiger partial charge on any atom is 0.126 e. The summed E-state index contributed by atoms with van der Waals surface area (Å²) >= 11 is 0. The number of ether oxygens (including phenoxy) is 2. The van der Waals surface area contributed by atoms with Crippen LogP contribution in [0, 0.1) is 17.6 Å². The highest BCUT2D eigenvalue weighted by Gasteiger charge is 2.63. The zero-order valence-electron chi connectivity index (χ0n) is 13.3. The van der Waals surface area contributed by atoms with Crippen molar-refractivity contribution in [3.05, 3.63) is 47.5 Å². The van der Waals surface area contributed by atoms with Gasteiger partial charge in [0.25, 0.3) is 0 Å². The van der Waals surface area contributed by atoms with Crippen molar-refractivity contribution in [1.82, 2.24) is 0 Å². The molecule has 1 aromatic carbocycles. The highest BCUT2D eigenvalue weighted by atomic mass is 19.1. The molecule has 2 aliphatic rings. The van der Waals surface area contributed by atoms with E-state index in [1.165, 1.54) is 12.1 Å². The lowest BCUT2D eigenvalue weighted by Gasteiger charge is -2.34. The molecular formula is C18H22F2O2. The normalized spacial score (nSPS) is 33.9. The van der Waals surface area contributed by atoms with Crippen LogP contribution >= 0.6 is 0 Å². The quantitative estimate of drug-likeness (QED) is 0.768. The molecule has 0 unspecified atom stereocenters. The van der Waals surface area contributed by atoms with E-state index in [1.807, 2.05) is 6.92 Å². The number of hydrogen-bond donors (Lipinski definition) is 0. The summed E-state index contributed by atoms with van der Waals surface area (Å²) in [5, 5.41) is 0. The molecule has 0 aromatic heterocycles. The molecule has 0 aliphatic carbocycles. The van der Waals surface area contributed by atoms with Crippen LogP contribution in [0.15, 0.2) is 30.4 Å². The van der Waals surface area contributed by atoms with Gasteiger partial charge in [0.1, 0.15) is 17.7 Å². The average Bonchev–Trinajstić information content (AvgIpc) is 2.87. The van der Waals surface area contributed by atoms with Crippen LogP contribution in [0.2, 0.25) is 0 Å². The van der Waals surface area contributed by atoms with Gasteiger partial charge in [-0.2, -0.15) is 0 Å². The zero-order valence-corrected chi connectivity index (χ0v) is 13.3. The summed E-state index contributed by atoms with van der Waals surface area (Å²) in [6, 6.07) is 3.44. The van der Waals surface area contributed by atoms with Gasteiger partial charge >= 0.3 is 0 Å². The molecule has 2 heterocycles. The van der Waals surface area contributed by atoms with Crippen LogP contribution in [0.5, 0.6) is 0 Å². The van der Waals surface area contributed by atoms with Crippen molar-refractivity contribution in [2.45, 2.75) is 57.5 Å². The molecule has 2 saturated heterocycles. The van der Waals surface area contributed by atoms with Gasteiger partial charge in [-0.3, -0.25) is 0 Å². The fraction of sp³-hybridized carbons (Fsp3) is 0.556. The van der Waals surface area contributed by atoms with E-state index in [1.54, 1.807) is 0 Å². The summed E-state index contributed by atoms with van der Waals surface area (Å²) in [6.07, 6.45) is 1.62. The van der Waals surface area contributed by atoms with Crippen molar-refractivity contribution in [2.24, 2.45) is 5.92 Å². The zero-order chi connectivity index (χ0) is 16.1.